The number of imide groups is 1. The van der Waals surface area contributed by atoms with Gasteiger partial charge in [-0.2, -0.15) is 0 Å². The zero-order valence-corrected chi connectivity index (χ0v) is 22.0. The minimum Gasteiger partial charge on any atom is -0.343 e. The maximum Gasteiger partial charge on any atom is 0.324 e. The zero-order chi connectivity index (χ0) is 27.9. The van der Waals surface area contributed by atoms with Crippen LogP contribution in [-0.2, 0) is 19.8 Å². The first-order valence-electron chi connectivity index (χ1n) is 13.2. The van der Waals surface area contributed by atoms with E-state index < -0.39 is 47.9 Å². The largest absolute Gasteiger partial charge is 0.343 e. The second-order valence-corrected chi connectivity index (χ2v) is 11.1. The number of carbonyl (C=O) groups is 4. The molecule has 206 valence electrons. The molecule has 2 aromatic carbocycles. The average molecular weight is 539 g/mol. The van der Waals surface area contributed by atoms with Crippen molar-refractivity contribution in [2.24, 2.45) is 5.92 Å². The molecule has 0 radical (unpaired) electrons. The van der Waals surface area contributed by atoms with E-state index in [1.165, 1.54) is 11.0 Å². The zero-order valence-electron chi connectivity index (χ0n) is 22.0. The standard InChI is InChI=1S/C29H32F2N4O4/c1-17-14-34(28(39)33-26(17)37)16-24(36)35-15-20(30)13-23(35)27(38)32-25(18-6-4-3-5-7-18)19-8-9-21(22(31)12-19)29(2)10-11-29/h3-9,12,17,20,23,25H,10-11,13-16H2,1-2H3,(H,32,38)(H,33,37,39)/t17?,20-,23+,25+/m1/s1. The first kappa shape index (κ1) is 26.8. The van der Waals surface area contributed by atoms with Gasteiger partial charge in [0.2, 0.25) is 17.7 Å². The van der Waals surface area contributed by atoms with E-state index in [2.05, 4.69) is 10.6 Å². The summed E-state index contributed by atoms with van der Waals surface area (Å²) in [6.07, 6.45) is 0.247. The van der Waals surface area contributed by atoms with Gasteiger partial charge in [0, 0.05) is 13.0 Å². The molecule has 0 bridgehead atoms. The molecule has 2 N–H and O–H groups in total. The predicted octanol–water partition coefficient (Wildman–Crippen LogP) is 3.21. The van der Waals surface area contributed by atoms with E-state index in [9.17, 15) is 23.6 Å². The number of urea groups is 1. The Morgan fingerprint density at radius 3 is 2.49 bits per heavy atom. The lowest BCUT2D eigenvalue weighted by molar-refractivity contribution is -0.139. The summed E-state index contributed by atoms with van der Waals surface area (Å²) in [4.78, 5) is 52.9. The Morgan fingerprint density at radius 1 is 1.10 bits per heavy atom. The predicted molar refractivity (Wildman–Crippen MR) is 139 cm³/mol. The summed E-state index contributed by atoms with van der Waals surface area (Å²) >= 11 is 0. The number of rotatable bonds is 7. The molecule has 1 unspecified atom stereocenters. The van der Waals surface area contributed by atoms with Crippen LogP contribution in [0.15, 0.2) is 48.5 Å². The number of carbonyl (C=O) groups excluding carboxylic acids is 4. The molecule has 3 aliphatic rings. The third-order valence-electron chi connectivity index (χ3n) is 8.05. The Kier molecular flexibility index (Phi) is 7.13. The van der Waals surface area contributed by atoms with Crippen molar-refractivity contribution < 1.29 is 28.0 Å². The van der Waals surface area contributed by atoms with Crippen molar-refractivity contribution in [3.63, 3.8) is 0 Å². The minimum absolute atomic E-state index is 0.0524. The Bertz CT molecular complexity index is 1300. The molecular weight excluding hydrogens is 506 g/mol. The molecule has 10 heteroatoms. The number of hydrogen-bond donors (Lipinski definition) is 2. The molecule has 2 heterocycles. The summed E-state index contributed by atoms with van der Waals surface area (Å²) in [5, 5.41) is 5.11. The van der Waals surface area contributed by atoms with Gasteiger partial charge >= 0.3 is 6.03 Å². The lowest BCUT2D eigenvalue weighted by atomic mass is 9.92. The normalized spacial score (nSPS) is 24.8. The number of amides is 5. The van der Waals surface area contributed by atoms with Crippen LogP contribution in [0.4, 0.5) is 13.6 Å². The molecule has 5 rings (SSSR count). The van der Waals surface area contributed by atoms with Crippen molar-refractivity contribution in [3.05, 3.63) is 71.0 Å². The summed E-state index contributed by atoms with van der Waals surface area (Å²) in [5.41, 5.74) is 1.74. The van der Waals surface area contributed by atoms with Crippen LogP contribution in [0.1, 0.15) is 55.8 Å². The van der Waals surface area contributed by atoms with Gasteiger partial charge in [0.25, 0.3) is 0 Å². The Balaban J connectivity index is 1.35. The molecule has 4 atom stereocenters. The fraction of sp³-hybridized carbons (Fsp3) is 0.448. The van der Waals surface area contributed by atoms with Crippen molar-refractivity contribution >= 4 is 23.8 Å². The summed E-state index contributed by atoms with van der Waals surface area (Å²) in [6, 6.07) is 11.6. The Labute approximate surface area is 225 Å². The first-order valence-corrected chi connectivity index (χ1v) is 13.2. The summed E-state index contributed by atoms with van der Waals surface area (Å²) in [7, 11) is 0. The van der Waals surface area contributed by atoms with Gasteiger partial charge in [-0.1, -0.05) is 56.3 Å². The van der Waals surface area contributed by atoms with E-state index in [-0.39, 0.29) is 37.3 Å². The maximum atomic E-state index is 15.2. The lowest BCUT2D eigenvalue weighted by Gasteiger charge is -2.32. The molecule has 1 aliphatic carbocycles. The van der Waals surface area contributed by atoms with Crippen molar-refractivity contribution in [2.75, 3.05) is 19.6 Å². The van der Waals surface area contributed by atoms with Gasteiger partial charge in [-0.15, -0.1) is 0 Å². The van der Waals surface area contributed by atoms with Crippen LogP contribution in [0.3, 0.4) is 0 Å². The summed E-state index contributed by atoms with van der Waals surface area (Å²) in [5.74, 6) is -2.41. The van der Waals surface area contributed by atoms with E-state index in [4.69, 9.17) is 0 Å². The van der Waals surface area contributed by atoms with E-state index in [1.807, 2.05) is 37.3 Å². The molecule has 0 aromatic heterocycles. The van der Waals surface area contributed by atoms with E-state index >= 15 is 4.39 Å². The molecular formula is C29H32F2N4O4. The average Bonchev–Trinajstić information content (AvgIpc) is 3.52. The van der Waals surface area contributed by atoms with Gasteiger partial charge in [0.1, 0.15) is 24.6 Å². The smallest absolute Gasteiger partial charge is 0.324 e. The molecule has 1 saturated carbocycles. The van der Waals surface area contributed by atoms with Crippen LogP contribution in [-0.4, -0.2) is 65.4 Å². The lowest BCUT2D eigenvalue weighted by Crippen LogP contribution is -2.57. The highest BCUT2D eigenvalue weighted by Crippen LogP contribution is 2.48. The van der Waals surface area contributed by atoms with Crippen LogP contribution < -0.4 is 10.6 Å². The van der Waals surface area contributed by atoms with Gasteiger partial charge in [-0.3, -0.25) is 19.7 Å². The summed E-state index contributed by atoms with van der Waals surface area (Å²) < 4.78 is 29.7. The van der Waals surface area contributed by atoms with Gasteiger partial charge in [-0.25, -0.2) is 13.6 Å². The van der Waals surface area contributed by atoms with Crippen molar-refractivity contribution in [1.82, 2.24) is 20.4 Å². The van der Waals surface area contributed by atoms with Crippen LogP contribution in [0.25, 0.3) is 0 Å². The van der Waals surface area contributed by atoms with Crippen molar-refractivity contribution in [3.8, 4) is 0 Å². The van der Waals surface area contributed by atoms with Crippen LogP contribution >= 0.6 is 0 Å². The van der Waals surface area contributed by atoms with Gasteiger partial charge in [0.05, 0.1) is 18.5 Å². The molecule has 2 saturated heterocycles. The maximum absolute atomic E-state index is 15.2. The van der Waals surface area contributed by atoms with Crippen LogP contribution in [0, 0.1) is 11.7 Å². The number of hydrogen-bond acceptors (Lipinski definition) is 4. The topological polar surface area (TPSA) is 98.8 Å². The van der Waals surface area contributed by atoms with Crippen LogP contribution in [0.2, 0.25) is 0 Å². The number of halogens is 2. The summed E-state index contributed by atoms with van der Waals surface area (Å²) in [6.45, 7) is 3.04. The van der Waals surface area contributed by atoms with Crippen molar-refractivity contribution in [1.29, 1.82) is 0 Å². The third-order valence-corrected chi connectivity index (χ3v) is 8.05. The highest BCUT2D eigenvalue weighted by atomic mass is 19.1. The molecule has 3 fully saturated rings. The number of likely N-dealkylation sites (tertiary alicyclic amines) is 1. The SMILES string of the molecule is CC1CN(CC(=O)N2C[C@H](F)C[C@H]2C(=O)N[C@@H](c2ccccc2)c2ccc(C3(C)CC3)c(F)c2)C(=O)NC1=O. The fourth-order valence-electron chi connectivity index (χ4n) is 5.40. The third kappa shape index (κ3) is 5.51. The molecule has 2 aromatic rings. The number of nitrogens with one attached hydrogen (secondary N) is 2. The highest BCUT2D eigenvalue weighted by molar-refractivity contribution is 5.99. The molecule has 8 nitrogen and oxygen atoms in total. The highest BCUT2D eigenvalue weighted by Gasteiger charge is 2.43. The fourth-order valence-corrected chi connectivity index (χ4v) is 5.40. The van der Waals surface area contributed by atoms with Gasteiger partial charge in [-0.05, 0) is 41.0 Å². The Morgan fingerprint density at radius 2 is 1.82 bits per heavy atom. The first-order chi connectivity index (χ1) is 18.6. The van der Waals surface area contributed by atoms with E-state index in [0.717, 1.165) is 17.7 Å². The minimum atomic E-state index is -1.41. The monoisotopic (exact) mass is 538 g/mol. The number of alkyl halides is 1. The second kappa shape index (κ2) is 10.4. The molecule has 5 amide bonds. The van der Waals surface area contributed by atoms with Gasteiger partial charge in [0.15, 0.2) is 0 Å². The molecule has 2 aliphatic heterocycles. The van der Waals surface area contributed by atoms with Gasteiger partial charge < -0.3 is 15.1 Å². The van der Waals surface area contributed by atoms with E-state index in [1.54, 1.807) is 19.1 Å². The molecule has 39 heavy (non-hydrogen) atoms. The molecule has 0 spiro atoms. The number of benzene rings is 2. The quantitative estimate of drug-likeness (QED) is 0.566. The number of nitrogens with zero attached hydrogens (tertiary/aromatic N) is 2. The Hall–Kier alpha value is -3.82. The van der Waals surface area contributed by atoms with E-state index in [0.29, 0.717) is 16.7 Å². The van der Waals surface area contributed by atoms with Crippen molar-refractivity contribution in [2.45, 2.75) is 56.8 Å². The second-order valence-electron chi connectivity index (χ2n) is 11.1. The van der Waals surface area contributed by atoms with Crippen LogP contribution in [0.5, 0.6) is 0 Å².